The number of rotatable bonds is 2. The molecule has 3 nitrogen and oxygen atoms in total. The molecule has 0 aliphatic heterocycles. The molecule has 0 saturated heterocycles. The van der Waals surface area contributed by atoms with E-state index in [9.17, 15) is 10.2 Å². The van der Waals surface area contributed by atoms with Crippen molar-refractivity contribution in [1.29, 1.82) is 0 Å². The van der Waals surface area contributed by atoms with Crippen molar-refractivity contribution >= 4 is 0 Å². The normalized spacial score (nSPS) is 25.2. The molecule has 1 aliphatic rings. The van der Waals surface area contributed by atoms with Crippen molar-refractivity contribution in [3.05, 3.63) is 36.4 Å². The summed E-state index contributed by atoms with van der Waals surface area (Å²) in [4.78, 5) is 0. The van der Waals surface area contributed by atoms with Crippen LogP contribution in [0.2, 0.25) is 0 Å². The van der Waals surface area contributed by atoms with Crippen LogP contribution >= 0.6 is 0 Å². The Morgan fingerprint density at radius 3 is 2.71 bits per heavy atom. The molecule has 14 heavy (non-hydrogen) atoms. The molecule has 0 bridgehead atoms. The predicted octanol–water partition coefficient (Wildman–Crippen LogP) is 1.46. The summed E-state index contributed by atoms with van der Waals surface area (Å²) in [5.74, 6) is 0.503. The standard InChI is InChI=1S/C11H12O3/c12-8-4-1-2-6-10(8)14-11-7-3-5-9(11)13/h1-4,6-7,9,11-13H,5H2/t9-,11+/m0/s1. The third-order valence-corrected chi connectivity index (χ3v) is 2.21. The number of ether oxygens (including phenoxy) is 1. The Bertz CT molecular complexity index is 346. The number of para-hydroxylation sites is 2. The van der Waals surface area contributed by atoms with E-state index in [4.69, 9.17) is 4.74 Å². The Hall–Kier alpha value is -1.48. The average Bonchev–Trinajstić information content (AvgIpc) is 2.56. The van der Waals surface area contributed by atoms with Crippen LogP contribution in [0, 0.1) is 0 Å². The predicted molar refractivity (Wildman–Crippen MR) is 52.3 cm³/mol. The van der Waals surface area contributed by atoms with Crippen molar-refractivity contribution in [1.82, 2.24) is 0 Å². The summed E-state index contributed by atoms with van der Waals surface area (Å²) in [5, 5.41) is 18.9. The SMILES string of the molecule is Oc1ccccc1O[C@@H]1C=CC[C@@H]1O. The minimum Gasteiger partial charge on any atom is -0.504 e. The molecule has 0 heterocycles. The molecule has 74 valence electrons. The van der Waals surface area contributed by atoms with Gasteiger partial charge in [-0.05, 0) is 24.6 Å². The summed E-state index contributed by atoms with van der Waals surface area (Å²) in [7, 11) is 0. The Kier molecular flexibility index (Phi) is 2.41. The molecule has 0 unspecified atom stereocenters. The van der Waals surface area contributed by atoms with Crippen molar-refractivity contribution in [2.24, 2.45) is 0 Å². The number of hydrogen-bond donors (Lipinski definition) is 2. The Morgan fingerprint density at radius 2 is 2.07 bits per heavy atom. The first-order valence-corrected chi connectivity index (χ1v) is 4.57. The smallest absolute Gasteiger partial charge is 0.161 e. The van der Waals surface area contributed by atoms with Gasteiger partial charge in [-0.3, -0.25) is 0 Å². The third kappa shape index (κ3) is 1.72. The lowest BCUT2D eigenvalue weighted by atomic mass is 10.2. The average molecular weight is 192 g/mol. The summed E-state index contributed by atoms with van der Waals surface area (Å²) in [5.41, 5.74) is 0. The first-order valence-electron chi connectivity index (χ1n) is 4.57. The highest BCUT2D eigenvalue weighted by atomic mass is 16.5. The number of aromatic hydroxyl groups is 1. The molecule has 0 fully saturated rings. The van der Waals surface area contributed by atoms with Crippen LogP contribution in [0.3, 0.4) is 0 Å². The van der Waals surface area contributed by atoms with Crippen molar-refractivity contribution in [2.45, 2.75) is 18.6 Å². The van der Waals surface area contributed by atoms with E-state index in [0.717, 1.165) is 0 Å². The molecule has 2 atom stereocenters. The number of aliphatic hydroxyl groups is 1. The molecule has 0 radical (unpaired) electrons. The molecule has 0 saturated carbocycles. The molecular formula is C11H12O3. The number of aliphatic hydroxyl groups excluding tert-OH is 1. The lowest BCUT2D eigenvalue weighted by Gasteiger charge is -2.16. The number of hydrogen-bond acceptors (Lipinski definition) is 3. The van der Waals surface area contributed by atoms with E-state index in [2.05, 4.69) is 0 Å². The summed E-state index contributed by atoms with van der Waals surface area (Å²) < 4.78 is 5.43. The quantitative estimate of drug-likeness (QED) is 0.697. The lowest BCUT2D eigenvalue weighted by Crippen LogP contribution is -2.25. The van der Waals surface area contributed by atoms with Gasteiger partial charge in [0, 0.05) is 0 Å². The first-order chi connectivity index (χ1) is 6.77. The van der Waals surface area contributed by atoms with Crippen molar-refractivity contribution in [3.8, 4) is 11.5 Å². The molecule has 1 aromatic rings. The van der Waals surface area contributed by atoms with Gasteiger partial charge in [0.1, 0.15) is 6.10 Å². The van der Waals surface area contributed by atoms with Crippen LogP contribution < -0.4 is 4.74 Å². The second-order valence-corrected chi connectivity index (χ2v) is 3.28. The highest BCUT2D eigenvalue weighted by Crippen LogP contribution is 2.27. The highest BCUT2D eigenvalue weighted by molar-refractivity contribution is 5.38. The first kappa shape index (κ1) is 9.09. The minimum atomic E-state index is -0.505. The van der Waals surface area contributed by atoms with Crippen LogP contribution in [0.25, 0.3) is 0 Å². The van der Waals surface area contributed by atoms with Crippen molar-refractivity contribution < 1.29 is 14.9 Å². The maximum absolute atomic E-state index is 9.47. The zero-order valence-corrected chi connectivity index (χ0v) is 7.63. The van der Waals surface area contributed by atoms with E-state index in [-0.39, 0.29) is 11.9 Å². The Balaban J connectivity index is 2.11. The summed E-state index contributed by atoms with van der Waals surface area (Å²) >= 11 is 0. The maximum atomic E-state index is 9.47. The molecule has 1 aromatic carbocycles. The summed E-state index contributed by atoms with van der Waals surface area (Å²) in [6, 6.07) is 6.73. The van der Waals surface area contributed by atoms with E-state index in [1.54, 1.807) is 30.3 Å². The molecule has 2 rings (SSSR count). The van der Waals surface area contributed by atoms with Gasteiger partial charge < -0.3 is 14.9 Å². The van der Waals surface area contributed by atoms with Gasteiger partial charge in [0.05, 0.1) is 6.10 Å². The van der Waals surface area contributed by atoms with E-state index >= 15 is 0 Å². The van der Waals surface area contributed by atoms with Gasteiger partial charge >= 0.3 is 0 Å². The maximum Gasteiger partial charge on any atom is 0.161 e. The van der Waals surface area contributed by atoms with Gasteiger partial charge in [0.2, 0.25) is 0 Å². The second kappa shape index (κ2) is 3.72. The van der Waals surface area contributed by atoms with Gasteiger partial charge in [-0.2, -0.15) is 0 Å². The van der Waals surface area contributed by atoms with Crippen LogP contribution in [0.4, 0.5) is 0 Å². The van der Waals surface area contributed by atoms with E-state index in [1.807, 2.05) is 6.08 Å². The molecule has 2 N–H and O–H groups in total. The van der Waals surface area contributed by atoms with Crippen LogP contribution in [0.15, 0.2) is 36.4 Å². The van der Waals surface area contributed by atoms with Crippen LogP contribution in [0.1, 0.15) is 6.42 Å². The highest BCUT2D eigenvalue weighted by Gasteiger charge is 2.22. The molecule has 1 aliphatic carbocycles. The largest absolute Gasteiger partial charge is 0.504 e. The van der Waals surface area contributed by atoms with E-state index in [0.29, 0.717) is 12.2 Å². The zero-order valence-electron chi connectivity index (χ0n) is 7.63. The topological polar surface area (TPSA) is 49.7 Å². The van der Waals surface area contributed by atoms with Gasteiger partial charge in [0.25, 0.3) is 0 Å². The third-order valence-electron chi connectivity index (χ3n) is 2.21. The number of phenols is 1. The summed E-state index contributed by atoms with van der Waals surface area (Å²) in [6.45, 7) is 0. The fraction of sp³-hybridized carbons (Fsp3) is 0.273. The van der Waals surface area contributed by atoms with Gasteiger partial charge in [-0.15, -0.1) is 0 Å². The summed E-state index contributed by atoms with van der Waals surface area (Å²) in [6.07, 6.45) is 3.43. The van der Waals surface area contributed by atoms with Gasteiger partial charge in [0.15, 0.2) is 11.5 Å². The number of phenolic OH excluding ortho intramolecular Hbond substituents is 1. The fourth-order valence-electron chi connectivity index (χ4n) is 1.44. The molecule has 0 spiro atoms. The van der Waals surface area contributed by atoms with Crippen molar-refractivity contribution in [2.75, 3.05) is 0 Å². The monoisotopic (exact) mass is 192 g/mol. The van der Waals surface area contributed by atoms with Gasteiger partial charge in [-0.25, -0.2) is 0 Å². The Morgan fingerprint density at radius 1 is 1.29 bits per heavy atom. The van der Waals surface area contributed by atoms with Crippen LogP contribution in [-0.2, 0) is 0 Å². The molecule has 0 aromatic heterocycles. The second-order valence-electron chi connectivity index (χ2n) is 3.28. The molecule has 0 amide bonds. The zero-order chi connectivity index (χ0) is 9.97. The van der Waals surface area contributed by atoms with E-state index < -0.39 is 6.10 Å². The Labute approximate surface area is 82.3 Å². The minimum absolute atomic E-state index is 0.0972. The van der Waals surface area contributed by atoms with E-state index in [1.165, 1.54) is 0 Å². The fourth-order valence-corrected chi connectivity index (χ4v) is 1.44. The van der Waals surface area contributed by atoms with Crippen LogP contribution in [-0.4, -0.2) is 22.4 Å². The molecule has 3 heteroatoms. The van der Waals surface area contributed by atoms with Crippen LogP contribution in [0.5, 0.6) is 11.5 Å². The number of benzene rings is 1. The van der Waals surface area contributed by atoms with Crippen molar-refractivity contribution in [3.63, 3.8) is 0 Å². The van der Waals surface area contributed by atoms with Gasteiger partial charge in [-0.1, -0.05) is 18.2 Å². The molecular weight excluding hydrogens is 180 g/mol. The lowest BCUT2D eigenvalue weighted by molar-refractivity contribution is 0.0745.